The van der Waals surface area contributed by atoms with E-state index in [0.717, 1.165) is 32.0 Å². The SMILES string of the molecule is CC(CNC1=NCCCN1)c1ccccc1.I. The highest BCUT2D eigenvalue weighted by molar-refractivity contribution is 14.0. The Kier molecular flexibility index (Phi) is 6.32. The second-order valence-corrected chi connectivity index (χ2v) is 4.20. The third-order valence-corrected chi connectivity index (χ3v) is 2.84. The van der Waals surface area contributed by atoms with Crippen LogP contribution in [0.2, 0.25) is 0 Å². The zero-order valence-corrected chi connectivity index (χ0v) is 12.5. The summed E-state index contributed by atoms with van der Waals surface area (Å²) in [5.74, 6) is 1.46. The van der Waals surface area contributed by atoms with E-state index in [1.54, 1.807) is 0 Å². The zero-order valence-electron chi connectivity index (χ0n) is 10.1. The maximum Gasteiger partial charge on any atom is 0.191 e. The summed E-state index contributed by atoms with van der Waals surface area (Å²) >= 11 is 0. The second kappa shape index (κ2) is 7.53. The number of guanidine groups is 1. The van der Waals surface area contributed by atoms with E-state index in [0.29, 0.717) is 5.92 Å². The van der Waals surface area contributed by atoms with Crippen LogP contribution in [-0.2, 0) is 0 Å². The number of nitrogens with zero attached hydrogens (tertiary/aromatic N) is 1. The molecule has 0 amide bonds. The molecule has 1 unspecified atom stereocenters. The predicted octanol–water partition coefficient (Wildman–Crippen LogP) is 2.35. The van der Waals surface area contributed by atoms with E-state index in [2.05, 4.69) is 52.9 Å². The fraction of sp³-hybridized carbons (Fsp3) is 0.462. The van der Waals surface area contributed by atoms with E-state index in [1.807, 2.05) is 0 Å². The smallest absolute Gasteiger partial charge is 0.191 e. The summed E-state index contributed by atoms with van der Waals surface area (Å²) in [7, 11) is 0. The van der Waals surface area contributed by atoms with Gasteiger partial charge in [-0.2, -0.15) is 0 Å². The van der Waals surface area contributed by atoms with E-state index in [1.165, 1.54) is 5.56 Å². The van der Waals surface area contributed by atoms with Crippen molar-refractivity contribution in [3.05, 3.63) is 35.9 Å². The van der Waals surface area contributed by atoms with Gasteiger partial charge in [-0.15, -0.1) is 24.0 Å². The Morgan fingerprint density at radius 1 is 1.35 bits per heavy atom. The maximum absolute atomic E-state index is 4.39. The first-order valence-electron chi connectivity index (χ1n) is 5.93. The van der Waals surface area contributed by atoms with Crippen molar-refractivity contribution in [3.8, 4) is 0 Å². The number of hydrogen-bond acceptors (Lipinski definition) is 3. The molecule has 0 saturated heterocycles. The largest absolute Gasteiger partial charge is 0.356 e. The average molecular weight is 345 g/mol. The van der Waals surface area contributed by atoms with Gasteiger partial charge in [0, 0.05) is 19.6 Å². The topological polar surface area (TPSA) is 36.4 Å². The Morgan fingerprint density at radius 3 is 2.76 bits per heavy atom. The highest BCUT2D eigenvalue weighted by Crippen LogP contribution is 2.12. The summed E-state index contributed by atoms with van der Waals surface area (Å²) in [4.78, 5) is 4.39. The quantitative estimate of drug-likeness (QED) is 0.825. The fourth-order valence-corrected chi connectivity index (χ4v) is 1.80. The lowest BCUT2D eigenvalue weighted by molar-refractivity contribution is 0.665. The van der Waals surface area contributed by atoms with Gasteiger partial charge in [-0.1, -0.05) is 37.3 Å². The van der Waals surface area contributed by atoms with Crippen LogP contribution < -0.4 is 10.6 Å². The third-order valence-electron chi connectivity index (χ3n) is 2.84. The minimum Gasteiger partial charge on any atom is -0.356 e. The number of hydrogen-bond donors (Lipinski definition) is 2. The van der Waals surface area contributed by atoms with Gasteiger partial charge in [-0.3, -0.25) is 4.99 Å². The molecule has 1 atom stereocenters. The molecule has 0 aromatic heterocycles. The van der Waals surface area contributed by atoms with Crippen LogP contribution in [0.25, 0.3) is 0 Å². The number of benzene rings is 1. The molecule has 3 nitrogen and oxygen atoms in total. The highest BCUT2D eigenvalue weighted by atomic mass is 127. The van der Waals surface area contributed by atoms with Crippen LogP contribution in [0.5, 0.6) is 0 Å². The Balaban J connectivity index is 0.00000144. The van der Waals surface area contributed by atoms with Gasteiger partial charge < -0.3 is 10.6 Å². The van der Waals surface area contributed by atoms with Crippen LogP contribution in [-0.4, -0.2) is 25.6 Å². The molecule has 0 bridgehead atoms. The van der Waals surface area contributed by atoms with Crippen LogP contribution in [0.3, 0.4) is 0 Å². The molecule has 94 valence electrons. The minimum atomic E-state index is 0. The van der Waals surface area contributed by atoms with Crippen molar-refractivity contribution in [1.82, 2.24) is 10.6 Å². The molecule has 0 fully saturated rings. The first kappa shape index (κ1) is 14.3. The Hall–Kier alpha value is -0.780. The van der Waals surface area contributed by atoms with Crippen LogP contribution >= 0.6 is 24.0 Å². The fourth-order valence-electron chi connectivity index (χ4n) is 1.80. The average Bonchev–Trinajstić information content (AvgIpc) is 2.38. The molecule has 0 aliphatic carbocycles. The minimum absolute atomic E-state index is 0. The summed E-state index contributed by atoms with van der Waals surface area (Å²) in [5.41, 5.74) is 1.37. The standard InChI is InChI=1S/C13H19N3.HI/c1-11(12-6-3-2-4-7-12)10-16-13-14-8-5-9-15-13;/h2-4,6-7,11H,5,8-10H2,1H3,(H2,14,15,16);1H. The van der Waals surface area contributed by atoms with Gasteiger partial charge in [-0.05, 0) is 17.9 Å². The molecule has 1 aliphatic rings. The van der Waals surface area contributed by atoms with Crippen molar-refractivity contribution < 1.29 is 0 Å². The van der Waals surface area contributed by atoms with Crippen LogP contribution in [0.15, 0.2) is 35.3 Å². The molecule has 0 radical (unpaired) electrons. The van der Waals surface area contributed by atoms with Crippen molar-refractivity contribution >= 4 is 29.9 Å². The van der Waals surface area contributed by atoms with Crippen LogP contribution in [0.1, 0.15) is 24.8 Å². The molecule has 1 heterocycles. The molecule has 17 heavy (non-hydrogen) atoms. The molecule has 4 heteroatoms. The van der Waals surface area contributed by atoms with Crippen molar-refractivity contribution in [2.24, 2.45) is 4.99 Å². The third kappa shape index (κ3) is 4.53. The van der Waals surface area contributed by atoms with Gasteiger partial charge in [0.15, 0.2) is 5.96 Å². The lowest BCUT2D eigenvalue weighted by atomic mass is 10.0. The summed E-state index contributed by atoms with van der Waals surface area (Å²) in [5, 5.41) is 6.62. The lowest BCUT2D eigenvalue weighted by Gasteiger charge is -2.19. The Bertz CT molecular complexity index is 351. The van der Waals surface area contributed by atoms with E-state index >= 15 is 0 Å². The molecule has 0 spiro atoms. The van der Waals surface area contributed by atoms with Gasteiger partial charge in [0.1, 0.15) is 0 Å². The Morgan fingerprint density at radius 2 is 2.12 bits per heavy atom. The first-order valence-corrected chi connectivity index (χ1v) is 5.93. The summed E-state index contributed by atoms with van der Waals surface area (Å²) in [6.07, 6.45) is 1.14. The lowest BCUT2D eigenvalue weighted by Crippen LogP contribution is -2.42. The first-order chi connectivity index (χ1) is 7.86. The molecular weight excluding hydrogens is 325 g/mol. The van der Waals surface area contributed by atoms with Gasteiger partial charge >= 0.3 is 0 Å². The molecule has 1 aromatic rings. The van der Waals surface area contributed by atoms with E-state index < -0.39 is 0 Å². The van der Waals surface area contributed by atoms with E-state index in [4.69, 9.17) is 0 Å². The second-order valence-electron chi connectivity index (χ2n) is 4.20. The van der Waals surface area contributed by atoms with Gasteiger partial charge in [0.05, 0.1) is 0 Å². The van der Waals surface area contributed by atoms with Crippen molar-refractivity contribution in [2.75, 3.05) is 19.6 Å². The number of nitrogens with one attached hydrogen (secondary N) is 2. The molecule has 0 saturated carbocycles. The number of aliphatic imine (C=N–C) groups is 1. The molecular formula is C13H20IN3. The molecule has 1 aliphatic heterocycles. The van der Waals surface area contributed by atoms with Crippen LogP contribution in [0, 0.1) is 0 Å². The van der Waals surface area contributed by atoms with Gasteiger partial charge in [-0.25, -0.2) is 0 Å². The summed E-state index contributed by atoms with van der Waals surface area (Å²) in [6, 6.07) is 10.6. The van der Waals surface area contributed by atoms with Crippen molar-refractivity contribution in [2.45, 2.75) is 19.3 Å². The van der Waals surface area contributed by atoms with Crippen LogP contribution in [0.4, 0.5) is 0 Å². The summed E-state index contributed by atoms with van der Waals surface area (Å²) in [6.45, 7) is 5.13. The van der Waals surface area contributed by atoms with E-state index in [9.17, 15) is 0 Å². The summed E-state index contributed by atoms with van der Waals surface area (Å²) < 4.78 is 0. The number of rotatable bonds is 3. The molecule has 2 rings (SSSR count). The molecule has 1 aromatic carbocycles. The number of halogens is 1. The molecule has 2 N–H and O–H groups in total. The van der Waals surface area contributed by atoms with Gasteiger partial charge in [0.2, 0.25) is 0 Å². The Labute approximate surface area is 120 Å². The predicted molar refractivity (Wildman–Crippen MR) is 83.2 cm³/mol. The highest BCUT2D eigenvalue weighted by Gasteiger charge is 2.07. The van der Waals surface area contributed by atoms with Gasteiger partial charge in [0.25, 0.3) is 0 Å². The maximum atomic E-state index is 4.39. The van der Waals surface area contributed by atoms with Crippen molar-refractivity contribution in [3.63, 3.8) is 0 Å². The zero-order chi connectivity index (χ0) is 11.2. The van der Waals surface area contributed by atoms with E-state index in [-0.39, 0.29) is 24.0 Å². The normalized spacial score (nSPS) is 16.2. The van der Waals surface area contributed by atoms with Crippen molar-refractivity contribution in [1.29, 1.82) is 0 Å². The monoisotopic (exact) mass is 345 g/mol.